The summed E-state index contributed by atoms with van der Waals surface area (Å²) in [5.41, 5.74) is 0.280. The van der Waals surface area contributed by atoms with Gasteiger partial charge >= 0.3 is 0 Å². The van der Waals surface area contributed by atoms with E-state index in [0.29, 0.717) is 18.1 Å². The quantitative estimate of drug-likeness (QED) is 0.821. The predicted octanol–water partition coefficient (Wildman–Crippen LogP) is 3.63. The third-order valence-electron chi connectivity index (χ3n) is 3.59. The van der Waals surface area contributed by atoms with Crippen molar-refractivity contribution in [2.45, 2.75) is 18.9 Å². The fraction of sp³-hybridized carbons (Fsp3) is 0.278. The van der Waals surface area contributed by atoms with Crippen LogP contribution in [-0.2, 0) is 9.53 Å². The Balaban J connectivity index is 1.64. The zero-order valence-electron chi connectivity index (χ0n) is 13.0. The van der Waals surface area contributed by atoms with Crippen molar-refractivity contribution in [2.24, 2.45) is 0 Å². The van der Waals surface area contributed by atoms with E-state index in [1.807, 2.05) is 0 Å². The van der Waals surface area contributed by atoms with Gasteiger partial charge in [-0.15, -0.1) is 0 Å². The van der Waals surface area contributed by atoms with E-state index in [-0.39, 0.29) is 11.8 Å². The highest BCUT2D eigenvalue weighted by molar-refractivity contribution is 6.02. The molecule has 0 spiro atoms. The van der Waals surface area contributed by atoms with Gasteiger partial charge in [0.25, 0.3) is 0 Å². The number of rotatable bonds is 6. The number of halogens is 1. The third kappa shape index (κ3) is 4.45. The maximum absolute atomic E-state index is 13.5. The van der Waals surface area contributed by atoms with Gasteiger partial charge in [-0.1, -0.05) is 0 Å². The Morgan fingerprint density at radius 1 is 1.42 bits per heavy atom. The van der Waals surface area contributed by atoms with Gasteiger partial charge in [0.1, 0.15) is 23.9 Å². The monoisotopic (exact) mass is 331 g/mol. The van der Waals surface area contributed by atoms with E-state index >= 15 is 0 Å². The number of furan rings is 1. The molecule has 1 unspecified atom stereocenters. The van der Waals surface area contributed by atoms with E-state index in [4.69, 9.17) is 13.9 Å². The summed E-state index contributed by atoms with van der Waals surface area (Å²) in [6.07, 6.45) is 6.35. The van der Waals surface area contributed by atoms with Crippen LogP contribution in [0, 0.1) is 5.82 Å². The van der Waals surface area contributed by atoms with E-state index in [0.717, 1.165) is 19.4 Å². The lowest BCUT2D eigenvalue weighted by Gasteiger charge is -2.14. The maximum atomic E-state index is 13.5. The third-order valence-corrected chi connectivity index (χ3v) is 3.59. The Kier molecular flexibility index (Phi) is 5.28. The summed E-state index contributed by atoms with van der Waals surface area (Å²) < 4.78 is 29.8. The molecule has 24 heavy (non-hydrogen) atoms. The van der Waals surface area contributed by atoms with Crippen LogP contribution in [0.5, 0.6) is 5.75 Å². The standard InChI is InChI=1S/C18H18FNO4/c19-13-5-7-17(24-12-15-4-2-10-23-15)16(11-13)20-18(21)8-6-14-3-1-9-22-14/h1,3,5-9,11,15H,2,4,10,12H2,(H,20,21)/b8-6+. The van der Waals surface area contributed by atoms with Crippen molar-refractivity contribution in [2.75, 3.05) is 18.5 Å². The molecule has 1 saturated heterocycles. The van der Waals surface area contributed by atoms with Crippen molar-refractivity contribution < 1.29 is 23.1 Å². The van der Waals surface area contributed by atoms with Gasteiger partial charge in [-0.2, -0.15) is 0 Å². The van der Waals surface area contributed by atoms with Crippen LogP contribution in [0.2, 0.25) is 0 Å². The SMILES string of the molecule is O=C(/C=C/c1ccco1)Nc1cc(F)ccc1OCC1CCCO1. The van der Waals surface area contributed by atoms with E-state index in [2.05, 4.69) is 5.32 Å². The van der Waals surface area contributed by atoms with Gasteiger partial charge in [-0.3, -0.25) is 4.79 Å². The van der Waals surface area contributed by atoms with Crippen molar-refractivity contribution in [1.29, 1.82) is 0 Å². The number of nitrogens with one attached hydrogen (secondary N) is 1. The first kappa shape index (κ1) is 16.3. The molecule has 1 aromatic heterocycles. The molecule has 0 bridgehead atoms. The molecular formula is C18H18FNO4. The highest BCUT2D eigenvalue weighted by Crippen LogP contribution is 2.26. The number of anilines is 1. The Morgan fingerprint density at radius 3 is 3.08 bits per heavy atom. The highest BCUT2D eigenvalue weighted by atomic mass is 19.1. The number of amides is 1. The van der Waals surface area contributed by atoms with Crippen LogP contribution in [0.15, 0.2) is 47.1 Å². The summed E-state index contributed by atoms with van der Waals surface area (Å²) in [5.74, 6) is 0.106. The lowest BCUT2D eigenvalue weighted by molar-refractivity contribution is -0.111. The van der Waals surface area contributed by atoms with Gasteiger partial charge in [-0.05, 0) is 43.2 Å². The molecule has 0 radical (unpaired) electrons. The normalized spacial score (nSPS) is 17.3. The Labute approximate surface area is 139 Å². The van der Waals surface area contributed by atoms with E-state index < -0.39 is 11.7 Å². The van der Waals surface area contributed by atoms with Crippen molar-refractivity contribution >= 4 is 17.7 Å². The predicted molar refractivity (Wildman–Crippen MR) is 87.2 cm³/mol. The number of carbonyl (C=O) groups excluding carboxylic acids is 1. The van der Waals surface area contributed by atoms with Gasteiger partial charge in [0.05, 0.1) is 18.1 Å². The highest BCUT2D eigenvalue weighted by Gasteiger charge is 2.17. The smallest absolute Gasteiger partial charge is 0.248 e. The first-order valence-corrected chi connectivity index (χ1v) is 7.77. The summed E-state index contributed by atoms with van der Waals surface area (Å²) in [7, 11) is 0. The molecular weight excluding hydrogens is 313 g/mol. The maximum Gasteiger partial charge on any atom is 0.248 e. The van der Waals surface area contributed by atoms with Gasteiger partial charge < -0.3 is 19.2 Å². The summed E-state index contributed by atoms with van der Waals surface area (Å²) in [4.78, 5) is 12.0. The van der Waals surface area contributed by atoms with Gasteiger partial charge in [0.2, 0.25) is 5.91 Å². The zero-order valence-corrected chi connectivity index (χ0v) is 13.0. The minimum Gasteiger partial charge on any atom is -0.489 e. The fourth-order valence-corrected chi connectivity index (χ4v) is 2.40. The minimum atomic E-state index is -0.454. The van der Waals surface area contributed by atoms with Gasteiger partial charge in [-0.25, -0.2) is 4.39 Å². The largest absolute Gasteiger partial charge is 0.489 e. The number of benzene rings is 1. The second-order valence-corrected chi connectivity index (χ2v) is 5.42. The molecule has 2 aromatic rings. The average Bonchev–Trinajstić information content (AvgIpc) is 3.26. The van der Waals surface area contributed by atoms with Crippen molar-refractivity contribution in [3.05, 3.63) is 54.2 Å². The molecule has 1 atom stereocenters. The summed E-state index contributed by atoms with van der Waals surface area (Å²) in [5, 5.41) is 2.62. The molecule has 1 aliphatic rings. The lowest BCUT2D eigenvalue weighted by atomic mass is 10.2. The fourth-order valence-electron chi connectivity index (χ4n) is 2.40. The molecule has 3 rings (SSSR count). The second-order valence-electron chi connectivity index (χ2n) is 5.42. The Bertz CT molecular complexity index is 706. The molecule has 6 heteroatoms. The number of carbonyl (C=O) groups is 1. The first-order valence-electron chi connectivity index (χ1n) is 7.77. The van der Waals surface area contributed by atoms with Crippen LogP contribution in [0.1, 0.15) is 18.6 Å². The van der Waals surface area contributed by atoms with E-state index in [9.17, 15) is 9.18 Å². The average molecular weight is 331 g/mol. The molecule has 1 aliphatic heterocycles. The molecule has 1 N–H and O–H groups in total. The molecule has 0 aliphatic carbocycles. The topological polar surface area (TPSA) is 60.7 Å². The molecule has 0 saturated carbocycles. The van der Waals surface area contributed by atoms with Gasteiger partial charge in [0.15, 0.2) is 0 Å². The van der Waals surface area contributed by atoms with Crippen molar-refractivity contribution in [3.63, 3.8) is 0 Å². The lowest BCUT2D eigenvalue weighted by Crippen LogP contribution is -2.17. The van der Waals surface area contributed by atoms with Crippen LogP contribution < -0.4 is 10.1 Å². The van der Waals surface area contributed by atoms with E-state index in [1.54, 1.807) is 12.1 Å². The minimum absolute atomic E-state index is 0.0393. The summed E-state index contributed by atoms with van der Waals surface area (Å²) >= 11 is 0. The van der Waals surface area contributed by atoms with Crippen LogP contribution in [-0.4, -0.2) is 25.2 Å². The van der Waals surface area contributed by atoms with Crippen LogP contribution in [0.4, 0.5) is 10.1 Å². The first-order chi connectivity index (χ1) is 11.7. The zero-order chi connectivity index (χ0) is 16.8. The molecule has 1 aromatic carbocycles. The second kappa shape index (κ2) is 7.79. The molecule has 5 nitrogen and oxygen atoms in total. The van der Waals surface area contributed by atoms with Crippen molar-refractivity contribution in [1.82, 2.24) is 0 Å². The molecule has 126 valence electrons. The summed E-state index contributed by atoms with van der Waals surface area (Å²) in [6.45, 7) is 1.11. The van der Waals surface area contributed by atoms with Crippen molar-refractivity contribution in [3.8, 4) is 5.75 Å². The van der Waals surface area contributed by atoms with Gasteiger partial charge in [0, 0.05) is 18.7 Å². The molecule has 1 fully saturated rings. The number of hydrogen-bond donors (Lipinski definition) is 1. The molecule has 1 amide bonds. The van der Waals surface area contributed by atoms with E-state index in [1.165, 1.54) is 36.6 Å². The molecule has 2 heterocycles. The van der Waals surface area contributed by atoms with Crippen LogP contribution in [0.25, 0.3) is 6.08 Å². The number of ether oxygens (including phenoxy) is 2. The summed E-state index contributed by atoms with van der Waals surface area (Å²) in [6, 6.07) is 7.46. The number of hydrogen-bond acceptors (Lipinski definition) is 4. The van der Waals surface area contributed by atoms with Crippen LogP contribution in [0.3, 0.4) is 0 Å². The Hall–Kier alpha value is -2.60. The van der Waals surface area contributed by atoms with Crippen LogP contribution >= 0.6 is 0 Å². The Morgan fingerprint density at radius 2 is 2.33 bits per heavy atom.